The van der Waals surface area contributed by atoms with Crippen LogP contribution in [0.1, 0.15) is 211 Å². The average Bonchev–Trinajstić information content (AvgIpc) is 0.806. The Morgan fingerprint density at radius 3 is 0.878 bits per heavy atom. The van der Waals surface area contributed by atoms with Crippen LogP contribution in [0.15, 0.2) is 377 Å². The Balaban J connectivity index is 0.000000148. The van der Waals surface area contributed by atoms with Gasteiger partial charge in [-0.2, -0.15) is 0 Å². The predicted octanol–water partition coefficient (Wildman–Crippen LogP) is 37.4. The minimum atomic E-state index is -0.279. The lowest BCUT2D eigenvalue weighted by Crippen LogP contribution is -2.05. The molecule has 0 saturated heterocycles. The summed E-state index contributed by atoms with van der Waals surface area (Å²) in [4.78, 5) is 50.0. The van der Waals surface area contributed by atoms with Crippen LogP contribution in [0, 0.1) is 41.5 Å². The van der Waals surface area contributed by atoms with Crippen molar-refractivity contribution >= 4 is 54.6 Å². The molecule has 754 valence electrons. The number of hydrogen-bond donors (Lipinski definition) is 0. The van der Waals surface area contributed by atoms with Crippen molar-refractivity contribution in [3.05, 3.63) is 482 Å². The molecule has 4 aromatic heterocycles. The third-order valence-electron chi connectivity index (χ3n) is 27.8. The highest BCUT2D eigenvalue weighted by Crippen LogP contribution is 2.38. The van der Waals surface area contributed by atoms with Gasteiger partial charge in [0.1, 0.15) is 22.3 Å². The quantitative estimate of drug-likeness (QED) is 0.0652. The largest absolute Gasteiger partial charge is 0.422 e. The molecule has 0 spiro atoms. The second kappa shape index (κ2) is 52.6. The molecule has 0 saturated carbocycles. The molecule has 8 heteroatoms. The molecule has 0 unspecified atom stereocenters. The molecule has 0 aliphatic rings. The molecule has 148 heavy (non-hydrogen) atoms. The highest BCUT2D eigenvalue weighted by molar-refractivity contribution is 5.92. The molecule has 8 nitrogen and oxygen atoms in total. The van der Waals surface area contributed by atoms with Gasteiger partial charge in [-0.25, -0.2) is 19.2 Å². The molecule has 16 aromatic carbocycles. The second-order valence-corrected chi connectivity index (χ2v) is 37.9. The second-order valence-electron chi connectivity index (χ2n) is 37.9. The van der Waals surface area contributed by atoms with Crippen molar-refractivity contribution in [3.63, 3.8) is 0 Å². The van der Waals surface area contributed by atoms with Crippen molar-refractivity contribution in [3.8, 4) is 100 Å². The van der Waals surface area contributed by atoms with Gasteiger partial charge < -0.3 is 17.7 Å². The van der Waals surface area contributed by atoms with Gasteiger partial charge in [0.05, 0.1) is 22.3 Å². The Hall–Kier alpha value is -15.4. The van der Waals surface area contributed by atoms with E-state index in [2.05, 4.69) is 385 Å². The fraction of sp³-hybridized carbons (Fsp3) is 0.243. The highest BCUT2D eigenvalue weighted by Gasteiger charge is 2.20. The molecule has 20 rings (SSSR count). The fourth-order valence-electron chi connectivity index (χ4n) is 18.8. The number of aryl methyl sites for hydroxylation is 18. The van der Waals surface area contributed by atoms with Gasteiger partial charge in [-0.15, -0.1) is 0 Å². The van der Waals surface area contributed by atoms with Crippen molar-refractivity contribution in [1.82, 2.24) is 0 Å². The first kappa shape index (κ1) is 110. The first-order valence-electron chi connectivity index (χ1n) is 53.6. The van der Waals surface area contributed by atoms with Gasteiger partial charge in [-0.3, -0.25) is 0 Å². The monoisotopic (exact) mass is 1960 g/mol. The molecule has 0 radical (unpaired) electrons. The molecule has 20 aromatic rings. The zero-order valence-corrected chi connectivity index (χ0v) is 91.1. The molecule has 0 N–H and O–H groups in total. The summed E-state index contributed by atoms with van der Waals surface area (Å²) in [7, 11) is 0. The Kier molecular flexibility index (Phi) is 39.0. The zero-order chi connectivity index (χ0) is 106. The topological polar surface area (TPSA) is 121 Å². The smallest absolute Gasteiger partial charge is 0.344 e. The summed E-state index contributed by atoms with van der Waals surface area (Å²) < 4.78 is 22.7. The maximum absolute atomic E-state index is 12.7. The third kappa shape index (κ3) is 27.3. The number of hydrogen-bond acceptors (Lipinski definition) is 8. The molecule has 4 heterocycles. The molecule has 0 aliphatic carbocycles. The molecular formula is C140H146O8. The van der Waals surface area contributed by atoms with Crippen LogP contribution in [0.4, 0.5) is 0 Å². The highest BCUT2D eigenvalue weighted by atomic mass is 16.4. The lowest BCUT2D eigenvalue weighted by atomic mass is 9.92. The van der Waals surface area contributed by atoms with Gasteiger partial charge in [-0.05, 0) is 358 Å². The van der Waals surface area contributed by atoms with Gasteiger partial charge in [0.25, 0.3) is 0 Å². The van der Waals surface area contributed by atoms with Crippen LogP contribution in [-0.2, 0) is 77.0 Å². The van der Waals surface area contributed by atoms with E-state index >= 15 is 0 Å². The lowest BCUT2D eigenvalue weighted by molar-refractivity contribution is 0.559. The van der Waals surface area contributed by atoms with Crippen LogP contribution in [0.3, 0.4) is 0 Å². The summed E-state index contributed by atoms with van der Waals surface area (Å²) in [5.74, 6) is 0. The maximum atomic E-state index is 12.7. The van der Waals surface area contributed by atoms with Crippen LogP contribution >= 0.6 is 0 Å². The van der Waals surface area contributed by atoms with Crippen molar-refractivity contribution in [2.24, 2.45) is 0 Å². The molecule has 0 atom stereocenters. The first-order valence-corrected chi connectivity index (χ1v) is 53.6. The summed E-state index contributed by atoms with van der Waals surface area (Å²) in [5.41, 5.74) is 43.2. The van der Waals surface area contributed by atoms with E-state index in [0.717, 1.165) is 149 Å². The van der Waals surface area contributed by atoms with E-state index in [0.29, 0.717) is 33.4 Å². The standard InChI is InChI=1S/C27H24.C25H24O2.3C21H22O2.C21H20.2C2H6/c1-19-4-10-22(11-5-19)25-16-26(23-12-6-20(2)7-13-23)18-27(17-25)24-14-8-21(3)9-15-24;1-4-16-7-8-20-13-21(10-9-19(20)11-16)23-14-22-12-17(5-2)18(6-3)15-24(22)27-25(23)26;1-4-14-7-9-17(10-8-14)19-13-18-16(6-3)11-15(5-2)12-20(18)23-21(19)22;1-4-14-7-9-17(10-8-14)19-13-18-12-15(5-2)11-16(6-3)20(18)23-21(19)22;1-4-14-7-9-16(10-8-14)19-13-17-12-11-15(5-2)18(6-3)20(17)23-21(19)22;1-15-4-8-18(9-5-15)20-12-17(3)13-21(14-20)19-10-6-16(2)7-11-19;2*1-2/h4-18H,1-3H3;7-15H,4-6H2,1-3H3;3*7-13H,4-6H2,1-3H3;4-14H,1-3H3;2*1-2H3. The Bertz CT molecular complexity index is 7930. The molecule has 0 amide bonds. The summed E-state index contributed by atoms with van der Waals surface area (Å²) in [5, 5.41) is 6.37. The Morgan fingerprint density at radius 2 is 0.473 bits per heavy atom. The summed E-state index contributed by atoms with van der Waals surface area (Å²) >= 11 is 0. The van der Waals surface area contributed by atoms with E-state index in [1.165, 1.54) is 150 Å². The van der Waals surface area contributed by atoms with E-state index in [1.54, 1.807) is 0 Å². The van der Waals surface area contributed by atoms with E-state index in [-0.39, 0.29) is 22.5 Å². The Morgan fingerprint density at radius 1 is 0.169 bits per heavy atom. The molecule has 0 bridgehead atoms. The predicted molar refractivity (Wildman–Crippen MR) is 633 cm³/mol. The third-order valence-corrected chi connectivity index (χ3v) is 27.8. The van der Waals surface area contributed by atoms with Crippen LogP contribution in [0.25, 0.3) is 155 Å². The van der Waals surface area contributed by atoms with Gasteiger partial charge in [0.15, 0.2) is 0 Å². The van der Waals surface area contributed by atoms with Gasteiger partial charge in [0.2, 0.25) is 0 Å². The lowest BCUT2D eigenvalue weighted by Gasteiger charge is -2.12. The van der Waals surface area contributed by atoms with Gasteiger partial charge in [0, 0.05) is 21.5 Å². The maximum Gasteiger partial charge on any atom is 0.344 e. The van der Waals surface area contributed by atoms with Crippen molar-refractivity contribution in [1.29, 1.82) is 0 Å². The molecule has 0 fully saturated rings. The minimum absolute atomic E-state index is 0.260. The summed E-state index contributed by atoms with van der Waals surface area (Å²) in [6.45, 7) is 46.3. The van der Waals surface area contributed by atoms with Crippen molar-refractivity contribution in [2.45, 2.75) is 229 Å². The Labute approximate surface area is 877 Å². The molecular weight excluding hydrogens is 1810 g/mol. The summed E-state index contributed by atoms with van der Waals surface area (Å²) in [6.07, 6.45) is 11.4. The number of benzene rings is 16. The fourth-order valence-corrected chi connectivity index (χ4v) is 18.8. The van der Waals surface area contributed by atoms with Crippen LogP contribution < -0.4 is 22.5 Å². The van der Waals surface area contributed by atoms with Gasteiger partial charge in [-0.1, -0.05) is 399 Å². The minimum Gasteiger partial charge on any atom is -0.422 e. The van der Waals surface area contributed by atoms with Crippen LogP contribution in [0.2, 0.25) is 0 Å². The van der Waals surface area contributed by atoms with E-state index in [4.69, 9.17) is 17.7 Å². The number of rotatable bonds is 21. The van der Waals surface area contributed by atoms with Crippen molar-refractivity contribution < 1.29 is 17.7 Å². The SMILES string of the molecule is CC.CC.CCc1ccc(-c2cc3c(CC)cc(CC)cc3oc2=O)cc1.CCc1ccc(-c2cc3cc(CC)cc(CC)c3oc2=O)cc1.CCc1ccc(-c2cc3ccc(CC)c(CC)c3oc2=O)cc1.CCc1ccc2cc(-c3cc4cc(CC)c(CC)cc4oc3=O)ccc2c1.Cc1ccc(-c2cc(-c3ccc(C)cc3)cc(-c3ccc(C)cc3)c2)cc1.Cc1ccc(-c2cc(C)cc(-c3ccc(C)cc3)c2)cc1. The summed E-state index contributed by atoms with van der Waals surface area (Å²) in [6, 6.07) is 119. The normalized spacial score (nSPS) is 10.8. The van der Waals surface area contributed by atoms with Crippen LogP contribution in [-0.4, -0.2) is 0 Å². The zero-order valence-electron chi connectivity index (χ0n) is 91.1. The average molecular weight is 1960 g/mol. The molecule has 0 aliphatic heterocycles. The van der Waals surface area contributed by atoms with E-state index in [9.17, 15) is 19.2 Å². The number of fused-ring (bicyclic) bond motifs is 5. The first-order chi connectivity index (χ1) is 71.8. The van der Waals surface area contributed by atoms with Crippen LogP contribution in [0.5, 0.6) is 0 Å². The van der Waals surface area contributed by atoms with Crippen molar-refractivity contribution in [2.75, 3.05) is 0 Å². The van der Waals surface area contributed by atoms with E-state index in [1.807, 2.05) is 107 Å². The van der Waals surface area contributed by atoms with E-state index < -0.39 is 0 Å². The van der Waals surface area contributed by atoms with Gasteiger partial charge >= 0.3 is 22.5 Å².